The minimum absolute atomic E-state index is 0.371. The zero-order valence-corrected chi connectivity index (χ0v) is 10.3. The molecule has 0 aliphatic carbocycles. The average Bonchev–Trinajstić information content (AvgIpc) is 2.34. The fourth-order valence-electron chi connectivity index (χ4n) is 1.64. The van der Waals surface area contributed by atoms with E-state index in [1.807, 2.05) is 6.92 Å². The second-order valence-corrected chi connectivity index (χ2v) is 3.74. The predicted octanol–water partition coefficient (Wildman–Crippen LogP) is 2.68. The van der Waals surface area contributed by atoms with Crippen LogP contribution in [0, 0.1) is 5.82 Å². The second kappa shape index (κ2) is 7.25. The zero-order chi connectivity index (χ0) is 12.7. The van der Waals surface area contributed by atoms with Gasteiger partial charge in [-0.05, 0) is 38.0 Å². The van der Waals surface area contributed by atoms with Gasteiger partial charge in [0.1, 0.15) is 11.6 Å². The second-order valence-electron chi connectivity index (χ2n) is 3.74. The Bertz CT molecular complexity index is 341. The highest BCUT2D eigenvalue weighted by molar-refractivity contribution is 5.35. The van der Waals surface area contributed by atoms with Crippen molar-refractivity contribution in [2.45, 2.75) is 25.9 Å². The summed E-state index contributed by atoms with van der Waals surface area (Å²) >= 11 is 0. The molecule has 17 heavy (non-hydrogen) atoms. The molecule has 0 radical (unpaired) electrons. The summed E-state index contributed by atoms with van der Waals surface area (Å²) in [4.78, 5) is 0. The van der Waals surface area contributed by atoms with Crippen LogP contribution in [0.15, 0.2) is 18.2 Å². The number of benzene rings is 1. The first-order valence-corrected chi connectivity index (χ1v) is 5.78. The summed E-state index contributed by atoms with van der Waals surface area (Å²) in [7, 11) is 1.50. The molecule has 1 atom stereocenters. The molecule has 4 heteroatoms. The van der Waals surface area contributed by atoms with Gasteiger partial charge in [-0.1, -0.05) is 0 Å². The lowest BCUT2D eigenvalue weighted by Gasteiger charge is -2.14. The maximum atomic E-state index is 13.1. The van der Waals surface area contributed by atoms with Crippen LogP contribution in [-0.4, -0.2) is 25.4 Å². The van der Waals surface area contributed by atoms with Crippen molar-refractivity contribution in [1.29, 1.82) is 0 Å². The van der Waals surface area contributed by atoms with Gasteiger partial charge in [-0.2, -0.15) is 0 Å². The third kappa shape index (κ3) is 4.32. The summed E-state index contributed by atoms with van der Waals surface area (Å²) in [6, 6.07) is 4.15. The van der Waals surface area contributed by atoms with E-state index in [1.165, 1.54) is 25.3 Å². The molecule has 0 fully saturated rings. The molecule has 1 rings (SSSR count). The first-order chi connectivity index (χ1) is 8.19. The molecule has 3 nitrogen and oxygen atoms in total. The lowest BCUT2D eigenvalue weighted by Crippen LogP contribution is -2.03. The number of rotatable bonds is 7. The van der Waals surface area contributed by atoms with Crippen LogP contribution in [0.5, 0.6) is 5.75 Å². The van der Waals surface area contributed by atoms with Crippen LogP contribution in [0.4, 0.5) is 4.39 Å². The Balaban J connectivity index is 2.60. The van der Waals surface area contributed by atoms with E-state index in [-0.39, 0.29) is 5.82 Å². The van der Waals surface area contributed by atoms with E-state index in [1.54, 1.807) is 0 Å². The van der Waals surface area contributed by atoms with Crippen molar-refractivity contribution in [3.8, 4) is 5.75 Å². The molecule has 0 saturated heterocycles. The van der Waals surface area contributed by atoms with Gasteiger partial charge < -0.3 is 14.6 Å². The summed E-state index contributed by atoms with van der Waals surface area (Å²) < 4.78 is 23.4. The van der Waals surface area contributed by atoms with Crippen molar-refractivity contribution in [1.82, 2.24) is 0 Å². The predicted molar refractivity (Wildman–Crippen MR) is 63.6 cm³/mol. The van der Waals surface area contributed by atoms with E-state index in [9.17, 15) is 9.50 Å². The molecule has 0 aliphatic rings. The average molecular weight is 242 g/mol. The van der Waals surface area contributed by atoms with Crippen molar-refractivity contribution in [3.05, 3.63) is 29.6 Å². The van der Waals surface area contributed by atoms with E-state index in [0.29, 0.717) is 30.9 Å². The van der Waals surface area contributed by atoms with Crippen LogP contribution in [0.3, 0.4) is 0 Å². The number of methoxy groups -OCH3 is 1. The van der Waals surface area contributed by atoms with Gasteiger partial charge in [-0.25, -0.2) is 4.39 Å². The lowest BCUT2D eigenvalue weighted by atomic mass is 10.0. The van der Waals surface area contributed by atoms with E-state index in [4.69, 9.17) is 9.47 Å². The van der Waals surface area contributed by atoms with Gasteiger partial charge in [0.05, 0.1) is 13.2 Å². The van der Waals surface area contributed by atoms with E-state index < -0.39 is 6.10 Å². The van der Waals surface area contributed by atoms with Crippen molar-refractivity contribution >= 4 is 0 Å². The summed E-state index contributed by atoms with van der Waals surface area (Å²) in [5.41, 5.74) is 0.490. The smallest absolute Gasteiger partial charge is 0.124 e. The SMILES string of the molecule is CCOCCCC(O)c1cc(F)ccc1OC. The molecular formula is C13H19FO3. The Morgan fingerprint density at radius 1 is 1.41 bits per heavy atom. The van der Waals surface area contributed by atoms with Crippen molar-refractivity contribution in [2.24, 2.45) is 0 Å². The summed E-state index contributed by atoms with van der Waals surface area (Å²) in [6.45, 7) is 3.19. The lowest BCUT2D eigenvalue weighted by molar-refractivity contribution is 0.113. The normalized spacial score (nSPS) is 12.5. The molecule has 0 saturated carbocycles. The van der Waals surface area contributed by atoms with Gasteiger partial charge in [0.15, 0.2) is 0 Å². The van der Waals surface area contributed by atoms with Crippen LogP contribution < -0.4 is 4.74 Å². The number of hydrogen-bond donors (Lipinski definition) is 1. The maximum absolute atomic E-state index is 13.1. The molecule has 1 aromatic carbocycles. The Morgan fingerprint density at radius 2 is 2.18 bits per heavy atom. The molecule has 0 heterocycles. The minimum atomic E-state index is -0.721. The first-order valence-electron chi connectivity index (χ1n) is 5.78. The Kier molecular flexibility index (Phi) is 5.94. The van der Waals surface area contributed by atoms with Crippen LogP contribution in [0.25, 0.3) is 0 Å². The molecule has 0 bridgehead atoms. The van der Waals surface area contributed by atoms with Gasteiger partial charge in [0.25, 0.3) is 0 Å². The Labute approximate surface area is 101 Å². The Hall–Kier alpha value is -1.13. The van der Waals surface area contributed by atoms with Gasteiger partial charge in [0, 0.05) is 18.8 Å². The molecule has 1 aromatic rings. The quantitative estimate of drug-likeness (QED) is 0.747. The first kappa shape index (κ1) is 13.9. The van der Waals surface area contributed by atoms with Crippen molar-refractivity contribution in [2.75, 3.05) is 20.3 Å². The van der Waals surface area contributed by atoms with Crippen molar-refractivity contribution in [3.63, 3.8) is 0 Å². The van der Waals surface area contributed by atoms with Crippen LogP contribution in [-0.2, 0) is 4.74 Å². The summed E-state index contributed by atoms with van der Waals surface area (Å²) in [5, 5.41) is 9.95. The van der Waals surface area contributed by atoms with Gasteiger partial charge in [-0.15, -0.1) is 0 Å². The van der Waals surface area contributed by atoms with E-state index >= 15 is 0 Å². The maximum Gasteiger partial charge on any atom is 0.124 e. The fraction of sp³-hybridized carbons (Fsp3) is 0.538. The van der Waals surface area contributed by atoms with E-state index in [2.05, 4.69) is 0 Å². The third-order valence-electron chi connectivity index (χ3n) is 2.52. The van der Waals surface area contributed by atoms with Crippen molar-refractivity contribution < 1.29 is 19.0 Å². The van der Waals surface area contributed by atoms with Crippen LogP contribution in [0.2, 0.25) is 0 Å². The molecule has 0 aromatic heterocycles. The number of aliphatic hydroxyl groups is 1. The molecule has 1 unspecified atom stereocenters. The monoisotopic (exact) mass is 242 g/mol. The fourth-order valence-corrected chi connectivity index (χ4v) is 1.64. The van der Waals surface area contributed by atoms with Gasteiger partial charge in [-0.3, -0.25) is 0 Å². The third-order valence-corrected chi connectivity index (χ3v) is 2.52. The highest BCUT2D eigenvalue weighted by Gasteiger charge is 2.13. The van der Waals surface area contributed by atoms with Crippen LogP contribution in [0.1, 0.15) is 31.4 Å². The molecule has 0 aliphatic heterocycles. The number of halogens is 1. The molecule has 0 amide bonds. The van der Waals surface area contributed by atoms with Crippen LogP contribution >= 0.6 is 0 Å². The highest BCUT2D eigenvalue weighted by Crippen LogP contribution is 2.28. The van der Waals surface area contributed by atoms with E-state index in [0.717, 1.165) is 6.42 Å². The topological polar surface area (TPSA) is 38.7 Å². The summed E-state index contributed by atoms with van der Waals surface area (Å²) in [6.07, 6.45) is 0.537. The number of ether oxygens (including phenoxy) is 2. The standard InChI is InChI=1S/C13H19FO3/c1-3-17-8-4-5-12(15)11-9-10(14)6-7-13(11)16-2/h6-7,9,12,15H,3-5,8H2,1-2H3. The van der Waals surface area contributed by atoms with Gasteiger partial charge in [0.2, 0.25) is 0 Å². The zero-order valence-electron chi connectivity index (χ0n) is 10.3. The minimum Gasteiger partial charge on any atom is -0.496 e. The molecule has 96 valence electrons. The highest BCUT2D eigenvalue weighted by atomic mass is 19.1. The molecule has 0 spiro atoms. The Morgan fingerprint density at radius 3 is 2.82 bits per heavy atom. The van der Waals surface area contributed by atoms with Gasteiger partial charge >= 0.3 is 0 Å². The number of aliphatic hydroxyl groups excluding tert-OH is 1. The number of hydrogen-bond acceptors (Lipinski definition) is 3. The summed E-state index contributed by atoms with van der Waals surface area (Å²) in [5.74, 6) is 0.139. The largest absolute Gasteiger partial charge is 0.496 e. The molecule has 1 N–H and O–H groups in total. The molecular weight excluding hydrogens is 223 g/mol.